The summed E-state index contributed by atoms with van der Waals surface area (Å²) in [4.78, 5) is 11.5. The lowest BCUT2D eigenvalue weighted by Gasteiger charge is -2.34. The van der Waals surface area contributed by atoms with Crippen LogP contribution in [-0.4, -0.2) is 74.0 Å². The van der Waals surface area contributed by atoms with Gasteiger partial charge in [0.1, 0.15) is 5.75 Å². The van der Waals surface area contributed by atoms with Gasteiger partial charge in [0.05, 0.1) is 32.9 Å². The molecule has 3 rings (SSSR count). The van der Waals surface area contributed by atoms with Crippen molar-refractivity contribution >= 4 is 5.96 Å². The Morgan fingerprint density at radius 2 is 2.00 bits per heavy atom. The molecule has 2 N–H and O–H groups in total. The molecule has 1 aromatic carbocycles. The number of rotatable bonds is 9. The lowest BCUT2D eigenvalue weighted by Crippen LogP contribution is -2.42. The van der Waals surface area contributed by atoms with Gasteiger partial charge in [-0.05, 0) is 31.5 Å². The predicted molar refractivity (Wildman–Crippen MR) is 115 cm³/mol. The van der Waals surface area contributed by atoms with Gasteiger partial charge in [0, 0.05) is 32.6 Å². The van der Waals surface area contributed by atoms with Gasteiger partial charge in [-0.25, -0.2) is 0 Å². The Hall–Kier alpha value is -2.65. The first-order valence-corrected chi connectivity index (χ1v) is 10.5. The SMILES string of the molecule is CCNC(=NCC(c1ccc(OC)cc1)N1CCOCC1)NCCc1nc(C)no1. The largest absolute Gasteiger partial charge is 0.497 e. The van der Waals surface area contributed by atoms with Crippen LogP contribution in [0.3, 0.4) is 0 Å². The molecule has 1 aliphatic heterocycles. The molecule has 0 saturated carbocycles. The van der Waals surface area contributed by atoms with Crippen molar-refractivity contribution in [2.75, 3.05) is 53.0 Å². The van der Waals surface area contributed by atoms with E-state index in [1.807, 2.05) is 19.1 Å². The monoisotopic (exact) mass is 416 g/mol. The molecule has 2 aromatic rings. The van der Waals surface area contributed by atoms with E-state index in [2.05, 4.69) is 44.7 Å². The number of aliphatic imine (C=N–C) groups is 1. The molecule has 1 aliphatic rings. The molecule has 1 aromatic heterocycles. The lowest BCUT2D eigenvalue weighted by atomic mass is 10.0. The van der Waals surface area contributed by atoms with Gasteiger partial charge >= 0.3 is 0 Å². The highest BCUT2D eigenvalue weighted by atomic mass is 16.5. The molecule has 1 atom stereocenters. The van der Waals surface area contributed by atoms with Crippen molar-refractivity contribution in [3.63, 3.8) is 0 Å². The van der Waals surface area contributed by atoms with Crippen molar-refractivity contribution in [3.05, 3.63) is 41.5 Å². The minimum Gasteiger partial charge on any atom is -0.497 e. The third-order valence-electron chi connectivity index (χ3n) is 4.95. The number of aryl methyl sites for hydroxylation is 1. The summed E-state index contributed by atoms with van der Waals surface area (Å²) < 4.78 is 16.0. The molecule has 1 unspecified atom stereocenters. The maximum absolute atomic E-state index is 5.54. The van der Waals surface area contributed by atoms with Crippen LogP contribution in [0, 0.1) is 6.92 Å². The summed E-state index contributed by atoms with van der Waals surface area (Å²) in [6, 6.07) is 8.42. The zero-order valence-electron chi connectivity index (χ0n) is 18.1. The van der Waals surface area contributed by atoms with Gasteiger partial charge in [-0.3, -0.25) is 9.89 Å². The van der Waals surface area contributed by atoms with Crippen LogP contribution in [0.25, 0.3) is 0 Å². The quantitative estimate of drug-likeness (QED) is 0.470. The zero-order valence-corrected chi connectivity index (χ0v) is 18.1. The van der Waals surface area contributed by atoms with Gasteiger partial charge in [0.25, 0.3) is 0 Å². The van der Waals surface area contributed by atoms with Gasteiger partial charge in [0.2, 0.25) is 5.89 Å². The summed E-state index contributed by atoms with van der Waals surface area (Å²) in [5, 5.41) is 10.5. The first-order chi connectivity index (χ1) is 14.7. The van der Waals surface area contributed by atoms with Crippen molar-refractivity contribution in [1.29, 1.82) is 0 Å². The fourth-order valence-corrected chi connectivity index (χ4v) is 3.40. The third-order valence-corrected chi connectivity index (χ3v) is 4.95. The number of hydrogen-bond donors (Lipinski definition) is 2. The molecule has 0 amide bonds. The molecule has 30 heavy (non-hydrogen) atoms. The van der Waals surface area contributed by atoms with Gasteiger partial charge in [0.15, 0.2) is 11.8 Å². The number of morpholine rings is 1. The Morgan fingerprint density at radius 3 is 2.63 bits per heavy atom. The smallest absolute Gasteiger partial charge is 0.228 e. The average Bonchev–Trinajstić information content (AvgIpc) is 3.20. The van der Waals surface area contributed by atoms with E-state index in [-0.39, 0.29) is 6.04 Å². The molecule has 0 aliphatic carbocycles. The minimum absolute atomic E-state index is 0.175. The highest BCUT2D eigenvalue weighted by Crippen LogP contribution is 2.24. The van der Waals surface area contributed by atoms with E-state index in [4.69, 9.17) is 19.0 Å². The first kappa shape index (κ1) is 22.0. The molecule has 1 saturated heterocycles. The van der Waals surface area contributed by atoms with E-state index in [9.17, 15) is 0 Å². The van der Waals surface area contributed by atoms with Gasteiger partial charge in [-0.1, -0.05) is 17.3 Å². The normalized spacial score (nSPS) is 16.3. The summed E-state index contributed by atoms with van der Waals surface area (Å²) in [7, 11) is 1.68. The molecule has 164 valence electrons. The number of guanidine groups is 1. The van der Waals surface area contributed by atoms with Crippen molar-refractivity contribution in [3.8, 4) is 5.75 Å². The van der Waals surface area contributed by atoms with Crippen LogP contribution in [0.15, 0.2) is 33.8 Å². The minimum atomic E-state index is 0.175. The Morgan fingerprint density at radius 1 is 1.23 bits per heavy atom. The van der Waals surface area contributed by atoms with Crippen LogP contribution in [-0.2, 0) is 11.2 Å². The summed E-state index contributed by atoms with van der Waals surface area (Å²) in [5.41, 5.74) is 1.22. The fourth-order valence-electron chi connectivity index (χ4n) is 3.40. The Bertz CT molecular complexity index is 786. The number of hydrogen-bond acceptors (Lipinski definition) is 7. The molecule has 0 spiro atoms. The van der Waals surface area contributed by atoms with Crippen molar-refractivity contribution < 1.29 is 14.0 Å². The predicted octanol–water partition coefficient (Wildman–Crippen LogP) is 1.56. The standard InChI is InChI=1S/C21H32N6O3/c1-4-22-21(23-10-9-20-25-16(2)26-30-20)24-15-19(27-11-13-29-14-12-27)17-5-7-18(28-3)8-6-17/h5-8,19H,4,9-15H2,1-3H3,(H2,22,23,24). The van der Waals surface area contributed by atoms with E-state index in [1.54, 1.807) is 7.11 Å². The van der Waals surface area contributed by atoms with Crippen LogP contribution >= 0.6 is 0 Å². The van der Waals surface area contributed by atoms with Crippen LogP contribution < -0.4 is 15.4 Å². The van der Waals surface area contributed by atoms with Crippen molar-refractivity contribution in [2.45, 2.75) is 26.3 Å². The second-order valence-corrected chi connectivity index (χ2v) is 7.07. The average molecular weight is 417 g/mol. The molecule has 0 bridgehead atoms. The van der Waals surface area contributed by atoms with Crippen LogP contribution in [0.2, 0.25) is 0 Å². The third kappa shape index (κ3) is 6.43. The number of methoxy groups -OCH3 is 1. The van der Waals surface area contributed by atoms with Crippen molar-refractivity contribution in [2.24, 2.45) is 4.99 Å². The maximum atomic E-state index is 5.54. The van der Waals surface area contributed by atoms with E-state index in [0.717, 1.165) is 44.6 Å². The van der Waals surface area contributed by atoms with E-state index in [1.165, 1.54) is 5.56 Å². The van der Waals surface area contributed by atoms with E-state index < -0.39 is 0 Å². The first-order valence-electron chi connectivity index (χ1n) is 10.5. The van der Waals surface area contributed by atoms with Crippen LogP contribution in [0.1, 0.15) is 30.2 Å². The number of aromatic nitrogens is 2. The summed E-state index contributed by atoms with van der Waals surface area (Å²) in [5.74, 6) is 2.91. The number of ether oxygens (including phenoxy) is 2. The second kappa shape index (κ2) is 11.5. The molecule has 1 fully saturated rings. The number of nitrogens with zero attached hydrogens (tertiary/aromatic N) is 4. The number of benzene rings is 1. The second-order valence-electron chi connectivity index (χ2n) is 7.07. The fraction of sp³-hybridized carbons (Fsp3) is 0.571. The molecular weight excluding hydrogens is 384 g/mol. The van der Waals surface area contributed by atoms with Gasteiger partial charge in [-0.15, -0.1) is 0 Å². The van der Waals surface area contributed by atoms with Gasteiger partial charge < -0.3 is 24.6 Å². The summed E-state index contributed by atoms with van der Waals surface area (Å²) in [6.07, 6.45) is 0.649. The highest BCUT2D eigenvalue weighted by Gasteiger charge is 2.22. The molecule has 0 radical (unpaired) electrons. The summed E-state index contributed by atoms with van der Waals surface area (Å²) in [6.45, 7) is 9.25. The molecular formula is C21H32N6O3. The topological polar surface area (TPSA) is 97.0 Å². The Balaban J connectivity index is 1.66. The summed E-state index contributed by atoms with van der Waals surface area (Å²) >= 11 is 0. The van der Waals surface area contributed by atoms with Gasteiger partial charge in [-0.2, -0.15) is 4.98 Å². The lowest BCUT2D eigenvalue weighted by molar-refractivity contribution is 0.0179. The van der Waals surface area contributed by atoms with Crippen LogP contribution in [0.4, 0.5) is 0 Å². The van der Waals surface area contributed by atoms with E-state index >= 15 is 0 Å². The van der Waals surface area contributed by atoms with Crippen molar-refractivity contribution in [1.82, 2.24) is 25.7 Å². The molecule has 2 heterocycles. The Kier molecular flexibility index (Phi) is 8.46. The molecule has 9 nitrogen and oxygen atoms in total. The maximum Gasteiger partial charge on any atom is 0.228 e. The highest BCUT2D eigenvalue weighted by molar-refractivity contribution is 5.79. The van der Waals surface area contributed by atoms with Crippen LogP contribution in [0.5, 0.6) is 5.75 Å². The molecule has 9 heteroatoms. The number of nitrogens with one attached hydrogen (secondary N) is 2. The zero-order chi connectivity index (χ0) is 21.2. The van der Waals surface area contributed by atoms with E-state index in [0.29, 0.717) is 31.2 Å². The Labute approximate surface area is 177 Å².